The number of likely N-dealkylation sites (tertiary alicyclic amines) is 1. The van der Waals surface area contributed by atoms with Crippen molar-refractivity contribution in [3.63, 3.8) is 0 Å². The number of allylic oxidation sites excluding steroid dienone is 2. The van der Waals surface area contributed by atoms with E-state index in [1.54, 1.807) is 24.3 Å². The van der Waals surface area contributed by atoms with Gasteiger partial charge >= 0.3 is 5.97 Å². The van der Waals surface area contributed by atoms with Gasteiger partial charge in [-0.1, -0.05) is 12.2 Å². The van der Waals surface area contributed by atoms with Crippen molar-refractivity contribution in [2.75, 3.05) is 19.0 Å². The average Bonchev–Trinajstić information content (AvgIpc) is 3.51. The summed E-state index contributed by atoms with van der Waals surface area (Å²) in [7, 11) is 1.31. The molecule has 150 valence electrons. The molecule has 1 saturated heterocycles. The van der Waals surface area contributed by atoms with Crippen LogP contribution in [0.4, 0.5) is 5.69 Å². The van der Waals surface area contributed by atoms with Crippen molar-refractivity contribution in [2.24, 2.45) is 35.5 Å². The van der Waals surface area contributed by atoms with Gasteiger partial charge in [0.2, 0.25) is 17.7 Å². The normalized spacial score (nSPS) is 33.3. The number of anilines is 1. The summed E-state index contributed by atoms with van der Waals surface area (Å²) in [6.07, 6.45) is 5.46. The van der Waals surface area contributed by atoms with E-state index in [1.807, 2.05) is 0 Å². The maximum atomic E-state index is 12.9. The highest BCUT2D eigenvalue weighted by Crippen LogP contribution is 2.65. The first-order chi connectivity index (χ1) is 14.0. The Morgan fingerprint density at radius 1 is 1.03 bits per heavy atom. The SMILES string of the molecule is COC(=O)c1ccc(NC(=O)CCN2C(=O)[C@@H]3[C@H]4C=C[C@@H]([C@@H]5C[C@H]45)[C@H]3C2=O)cc1. The first-order valence-corrected chi connectivity index (χ1v) is 10.0. The molecule has 3 amide bonds. The predicted octanol–water partition coefficient (Wildman–Crippen LogP) is 1.85. The second kappa shape index (κ2) is 6.54. The van der Waals surface area contributed by atoms with Crippen LogP contribution in [-0.2, 0) is 19.1 Å². The highest BCUT2D eigenvalue weighted by molar-refractivity contribution is 6.06. The van der Waals surface area contributed by atoms with Gasteiger partial charge in [0.15, 0.2) is 0 Å². The fourth-order valence-corrected chi connectivity index (χ4v) is 5.48. The van der Waals surface area contributed by atoms with Gasteiger partial charge in [-0.3, -0.25) is 19.3 Å². The maximum absolute atomic E-state index is 12.9. The van der Waals surface area contributed by atoms with Crippen LogP contribution in [0.1, 0.15) is 23.2 Å². The van der Waals surface area contributed by atoms with E-state index >= 15 is 0 Å². The topological polar surface area (TPSA) is 92.8 Å². The van der Waals surface area contributed by atoms with E-state index in [2.05, 4.69) is 22.2 Å². The van der Waals surface area contributed by atoms with Crippen molar-refractivity contribution < 1.29 is 23.9 Å². The first kappa shape index (κ1) is 18.1. The number of nitrogens with one attached hydrogen (secondary N) is 1. The third-order valence-corrected chi connectivity index (χ3v) is 6.91. The summed E-state index contributed by atoms with van der Waals surface area (Å²) >= 11 is 0. The molecule has 1 heterocycles. The zero-order valence-corrected chi connectivity index (χ0v) is 16.0. The number of ether oxygens (including phenoxy) is 1. The van der Waals surface area contributed by atoms with Crippen molar-refractivity contribution in [1.29, 1.82) is 0 Å². The molecule has 0 aromatic heterocycles. The molecule has 1 aromatic carbocycles. The number of methoxy groups -OCH3 is 1. The number of benzene rings is 1. The van der Waals surface area contributed by atoms with Crippen LogP contribution in [-0.4, -0.2) is 42.2 Å². The Bertz CT molecular complexity index is 901. The number of rotatable bonds is 5. The van der Waals surface area contributed by atoms with E-state index in [0.29, 0.717) is 23.1 Å². The quantitative estimate of drug-likeness (QED) is 0.467. The molecule has 7 heteroatoms. The van der Waals surface area contributed by atoms with Gasteiger partial charge in [0, 0.05) is 18.7 Å². The van der Waals surface area contributed by atoms with E-state index in [4.69, 9.17) is 0 Å². The molecule has 2 bridgehead atoms. The fraction of sp³-hybridized carbons (Fsp3) is 0.455. The van der Waals surface area contributed by atoms with Gasteiger partial charge < -0.3 is 10.1 Å². The molecule has 6 atom stereocenters. The zero-order valence-electron chi connectivity index (χ0n) is 16.0. The molecule has 0 unspecified atom stereocenters. The summed E-state index contributed by atoms with van der Waals surface area (Å²) in [5.41, 5.74) is 0.931. The minimum absolute atomic E-state index is 0.0469. The lowest BCUT2D eigenvalue weighted by atomic mass is 9.63. The van der Waals surface area contributed by atoms with Crippen LogP contribution in [0.25, 0.3) is 0 Å². The maximum Gasteiger partial charge on any atom is 0.337 e. The average molecular weight is 394 g/mol. The minimum atomic E-state index is -0.448. The van der Waals surface area contributed by atoms with E-state index in [9.17, 15) is 19.2 Å². The number of carbonyl (C=O) groups excluding carboxylic acids is 4. The van der Waals surface area contributed by atoms with E-state index in [-0.39, 0.29) is 54.4 Å². The van der Waals surface area contributed by atoms with Gasteiger partial charge in [0.1, 0.15) is 0 Å². The fourth-order valence-electron chi connectivity index (χ4n) is 5.48. The number of amides is 3. The Hall–Kier alpha value is -2.96. The summed E-state index contributed by atoms with van der Waals surface area (Å²) in [6.45, 7) is 0.103. The smallest absolute Gasteiger partial charge is 0.337 e. The van der Waals surface area contributed by atoms with Gasteiger partial charge in [-0.2, -0.15) is 0 Å². The largest absolute Gasteiger partial charge is 0.465 e. The van der Waals surface area contributed by atoms with E-state index in [0.717, 1.165) is 6.42 Å². The number of esters is 1. The summed E-state index contributed by atoms with van der Waals surface area (Å²) in [5.74, 6) is 0.118. The number of hydrogen-bond acceptors (Lipinski definition) is 5. The molecule has 1 N–H and O–H groups in total. The molecule has 5 aliphatic rings. The van der Waals surface area contributed by atoms with Gasteiger partial charge in [0.05, 0.1) is 24.5 Å². The molecule has 1 aromatic rings. The number of hydrogen-bond donors (Lipinski definition) is 1. The van der Waals surface area contributed by atoms with Crippen LogP contribution in [0, 0.1) is 35.5 Å². The number of imide groups is 1. The van der Waals surface area contributed by atoms with Crippen LogP contribution >= 0.6 is 0 Å². The van der Waals surface area contributed by atoms with Crippen LogP contribution in [0.3, 0.4) is 0 Å². The lowest BCUT2D eigenvalue weighted by Gasteiger charge is -2.37. The first-order valence-electron chi connectivity index (χ1n) is 10.0. The molecule has 1 aliphatic heterocycles. The Morgan fingerprint density at radius 2 is 1.62 bits per heavy atom. The van der Waals surface area contributed by atoms with Crippen molar-refractivity contribution in [2.45, 2.75) is 12.8 Å². The van der Waals surface area contributed by atoms with Crippen LogP contribution in [0.15, 0.2) is 36.4 Å². The number of nitrogens with zero attached hydrogens (tertiary/aromatic N) is 1. The lowest BCUT2D eigenvalue weighted by molar-refractivity contribution is -0.140. The van der Waals surface area contributed by atoms with Gasteiger partial charge in [0.25, 0.3) is 0 Å². The van der Waals surface area contributed by atoms with Gasteiger partial charge in [-0.15, -0.1) is 0 Å². The van der Waals surface area contributed by atoms with Crippen molar-refractivity contribution in [3.8, 4) is 0 Å². The second-order valence-corrected chi connectivity index (χ2v) is 8.35. The molecule has 3 fully saturated rings. The summed E-state index contributed by atoms with van der Waals surface area (Å²) in [6, 6.07) is 6.35. The molecule has 0 spiro atoms. The molecule has 0 radical (unpaired) electrons. The van der Waals surface area contributed by atoms with Crippen LogP contribution < -0.4 is 5.32 Å². The third-order valence-electron chi connectivity index (χ3n) is 6.91. The Labute approximate surface area is 168 Å². The molecular formula is C22H22N2O5. The molecule has 2 saturated carbocycles. The second-order valence-electron chi connectivity index (χ2n) is 8.35. The molecule has 4 aliphatic carbocycles. The monoisotopic (exact) mass is 394 g/mol. The summed E-state index contributed by atoms with van der Waals surface area (Å²) < 4.78 is 4.64. The molecule has 7 nitrogen and oxygen atoms in total. The van der Waals surface area contributed by atoms with Gasteiger partial charge in [-0.05, 0) is 54.4 Å². The van der Waals surface area contributed by atoms with E-state index < -0.39 is 5.97 Å². The Balaban J connectivity index is 1.20. The Morgan fingerprint density at radius 3 is 2.17 bits per heavy atom. The van der Waals surface area contributed by atoms with Crippen LogP contribution in [0.2, 0.25) is 0 Å². The van der Waals surface area contributed by atoms with Crippen LogP contribution in [0.5, 0.6) is 0 Å². The minimum Gasteiger partial charge on any atom is -0.465 e. The third kappa shape index (κ3) is 2.79. The van der Waals surface area contributed by atoms with Crippen molar-refractivity contribution in [3.05, 3.63) is 42.0 Å². The number of carbonyl (C=O) groups is 4. The standard InChI is InChI=1S/C22H22N2O5/c1-29-22(28)11-2-4-12(5-3-11)23-17(25)8-9-24-20(26)18-13-6-7-14(16-10-15(13)16)19(18)21(24)27/h2-7,13-16,18-19H,8-10H2,1H3,(H,23,25)/t13-,14-,15-,16+,18+,19+/m0/s1. The van der Waals surface area contributed by atoms with E-state index in [1.165, 1.54) is 12.0 Å². The summed E-state index contributed by atoms with van der Waals surface area (Å²) in [5, 5.41) is 2.73. The Kier molecular flexibility index (Phi) is 4.08. The highest BCUT2D eigenvalue weighted by Gasteiger charge is 2.66. The zero-order chi connectivity index (χ0) is 20.3. The predicted molar refractivity (Wildman–Crippen MR) is 102 cm³/mol. The summed E-state index contributed by atoms with van der Waals surface area (Å²) in [4.78, 5) is 50.9. The van der Waals surface area contributed by atoms with Gasteiger partial charge in [-0.25, -0.2) is 4.79 Å². The van der Waals surface area contributed by atoms with Crippen molar-refractivity contribution >= 4 is 29.4 Å². The molecular weight excluding hydrogens is 372 g/mol. The lowest BCUT2D eigenvalue weighted by Crippen LogP contribution is -2.40. The van der Waals surface area contributed by atoms with Crippen molar-refractivity contribution in [1.82, 2.24) is 4.90 Å². The molecule has 6 rings (SSSR count). The molecule has 29 heavy (non-hydrogen) atoms. The highest BCUT2D eigenvalue weighted by atomic mass is 16.5.